The van der Waals surface area contributed by atoms with Gasteiger partial charge in [-0.15, -0.1) is 0 Å². The summed E-state index contributed by atoms with van der Waals surface area (Å²) in [5.74, 6) is 0.750. The molecule has 5 nitrogen and oxygen atoms in total. The molecule has 2 rings (SSSR count). The average molecular weight is 326 g/mol. The molecule has 2 N–H and O–H groups in total. The summed E-state index contributed by atoms with van der Waals surface area (Å²) in [7, 11) is 0. The lowest BCUT2D eigenvalue weighted by Gasteiger charge is -2.46. The first-order valence-corrected chi connectivity index (χ1v) is 9.21. The zero-order valence-corrected chi connectivity index (χ0v) is 15.4. The summed E-state index contributed by atoms with van der Waals surface area (Å²) < 4.78 is 11.2. The lowest BCUT2D eigenvalue weighted by molar-refractivity contribution is -0.0479. The van der Waals surface area contributed by atoms with Gasteiger partial charge in [0.2, 0.25) is 0 Å². The lowest BCUT2D eigenvalue weighted by atomic mass is 9.81. The standard InChI is InChI=1S/C18H34N2O3/c1-6-12-9-8-10-13(12)19-16-14(11-15(16)22-7-2)20-17(21)23-18(3,4)5/h12-16,19H,6-11H2,1-5H3,(H,20,21). The predicted octanol–water partition coefficient (Wildman–Crippen LogP) is 3.23. The molecule has 0 aromatic heterocycles. The Morgan fingerprint density at radius 1 is 1.17 bits per heavy atom. The summed E-state index contributed by atoms with van der Waals surface area (Å²) in [6, 6.07) is 0.843. The van der Waals surface area contributed by atoms with Crippen LogP contribution in [0.1, 0.15) is 66.7 Å². The van der Waals surface area contributed by atoms with Crippen LogP contribution in [0.2, 0.25) is 0 Å². The topological polar surface area (TPSA) is 59.6 Å². The van der Waals surface area contributed by atoms with Crippen molar-refractivity contribution in [1.82, 2.24) is 10.6 Å². The van der Waals surface area contributed by atoms with Crippen molar-refractivity contribution in [1.29, 1.82) is 0 Å². The van der Waals surface area contributed by atoms with Gasteiger partial charge in [0.05, 0.1) is 18.2 Å². The Balaban J connectivity index is 1.90. The van der Waals surface area contributed by atoms with Gasteiger partial charge in [-0.3, -0.25) is 0 Å². The van der Waals surface area contributed by atoms with E-state index in [-0.39, 0.29) is 24.3 Å². The van der Waals surface area contributed by atoms with Crippen LogP contribution >= 0.6 is 0 Å². The van der Waals surface area contributed by atoms with Crippen LogP contribution in [0.25, 0.3) is 0 Å². The van der Waals surface area contributed by atoms with Crippen molar-refractivity contribution in [3.63, 3.8) is 0 Å². The van der Waals surface area contributed by atoms with Crippen LogP contribution in [0.3, 0.4) is 0 Å². The first-order chi connectivity index (χ1) is 10.8. The highest BCUT2D eigenvalue weighted by molar-refractivity contribution is 5.68. The normalized spacial score (nSPS) is 34.0. The number of hydrogen-bond acceptors (Lipinski definition) is 4. The number of rotatable bonds is 6. The van der Waals surface area contributed by atoms with Gasteiger partial charge in [-0.1, -0.05) is 19.8 Å². The summed E-state index contributed by atoms with van der Waals surface area (Å²) in [4.78, 5) is 12.0. The van der Waals surface area contributed by atoms with E-state index in [1.54, 1.807) is 0 Å². The molecule has 0 aromatic carbocycles. The smallest absolute Gasteiger partial charge is 0.407 e. The Morgan fingerprint density at radius 2 is 1.91 bits per heavy atom. The highest BCUT2D eigenvalue weighted by Crippen LogP contribution is 2.32. The van der Waals surface area contributed by atoms with Crippen molar-refractivity contribution in [3.05, 3.63) is 0 Å². The number of carbonyl (C=O) groups is 1. The fraction of sp³-hybridized carbons (Fsp3) is 0.944. The van der Waals surface area contributed by atoms with Crippen molar-refractivity contribution in [2.75, 3.05) is 6.61 Å². The molecule has 0 bridgehead atoms. The molecule has 2 fully saturated rings. The summed E-state index contributed by atoms with van der Waals surface area (Å²) in [6.07, 6.45) is 5.77. The third kappa shape index (κ3) is 5.08. The summed E-state index contributed by atoms with van der Waals surface area (Å²) in [6.45, 7) is 10.7. The Labute approximate surface area is 140 Å². The molecule has 0 aliphatic heterocycles. The molecule has 5 atom stereocenters. The Kier molecular flexibility index (Phi) is 6.32. The highest BCUT2D eigenvalue weighted by atomic mass is 16.6. The summed E-state index contributed by atoms with van der Waals surface area (Å²) >= 11 is 0. The van der Waals surface area contributed by atoms with Gasteiger partial charge in [0.25, 0.3) is 0 Å². The number of carbonyl (C=O) groups excluding carboxylic acids is 1. The van der Waals surface area contributed by atoms with Crippen LogP contribution in [-0.4, -0.2) is 42.5 Å². The zero-order chi connectivity index (χ0) is 17.0. The first-order valence-electron chi connectivity index (χ1n) is 9.21. The predicted molar refractivity (Wildman–Crippen MR) is 91.5 cm³/mol. The second-order valence-electron chi connectivity index (χ2n) is 7.88. The van der Waals surface area contributed by atoms with Gasteiger partial charge in [-0.05, 0) is 52.9 Å². The van der Waals surface area contributed by atoms with Crippen LogP contribution in [0.4, 0.5) is 4.79 Å². The third-order valence-corrected chi connectivity index (χ3v) is 4.99. The molecule has 2 aliphatic rings. The maximum atomic E-state index is 12.0. The van der Waals surface area contributed by atoms with Crippen LogP contribution in [0.15, 0.2) is 0 Å². The van der Waals surface area contributed by atoms with Gasteiger partial charge in [0, 0.05) is 12.6 Å². The molecular formula is C18H34N2O3. The largest absolute Gasteiger partial charge is 0.444 e. The molecule has 0 spiro atoms. The molecule has 5 unspecified atom stereocenters. The fourth-order valence-electron chi connectivity index (χ4n) is 3.82. The van der Waals surface area contributed by atoms with Gasteiger partial charge < -0.3 is 20.1 Å². The minimum Gasteiger partial charge on any atom is -0.444 e. The SMILES string of the molecule is CCOC1CC(NC(=O)OC(C)(C)C)C1NC1CCCC1CC. The molecule has 0 radical (unpaired) electrons. The maximum absolute atomic E-state index is 12.0. The summed E-state index contributed by atoms with van der Waals surface area (Å²) in [5.41, 5.74) is -0.463. The molecule has 134 valence electrons. The minimum atomic E-state index is -0.463. The van der Waals surface area contributed by atoms with Crippen molar-refractivity contribution in [2.24, 2.45) is 5.92 Å². The number of nitrogens with one attached hydrogen (secondary N) is 2. The molecule has 5 heteroatoms. The first kappa shape index (κ1) is 18.5. The third-order valence-electron chi connectivity index (χ3n) is 4.99. The average Bonchev–Trinajstić information content (AvgIpc) is 2.89. The van der Waals surface area contributed by atoms with Crippen molar-refractivity contribution in [2.45, 2.75) is 96.6 Å². The van der Waals surface area contributed by atoms with Gasteiger partial charge in [-0.25, -0.2) is 4.79 Å². The minimum absolute atomic E-state index is 0.0968. The van der Waals surface area contributed by atoms with Crippen LogP contribution in [0.5, 0.6) is 0 Å². The van der Waals surface area contributed by atoms with Gasteiger partial charge in [-0.2, -0.15) is 0 Å². The van der Waals surface area contributed by atoms with Crippen molar-refractivity contribution >= 4 is 6.09 Å². The van der Waals surface area contributed by atoms with E-state index in [2.05, 4.69) is 17.6 Å². The van der Waals surface area contributed by atoms with Gasteiger partial charge in [0.15, 0.2) is 0 Å². The van der Waals surface area contributed by atoms with E-state index in [0.717, 1.165) is 12.3 Å². The van der Waals surface area contributed by atoms with E-state index in [0.29, 0.717) is 12.6 Å². The number of ether oxygens (including phenoxy) is 2. The summed E-state index contributed by atoms with van der Waals surface area (Å²) in [5, 5.41) is 6.79. The molecular weight excluding hydrogens is 292 g/mol. The molecule has 23 heavy (non-hydrogen) atoms. The van der Waals surface area contributed by atoms with Gasteiger partial charge >= 0.3 is 6.09 Å². The van der Waals surface area contributed by atoms with Crippen LogP contribution < -0.4 is 10.6 Å². The van der Waals surface area contributed by atoms with Crippen LogP contribution in [-0.2, 0) is 9.47 Å². The van der Waals surface area contributed by atoms with Crippen molar-refractivity contribution < 1.29 is 14.3 Å². The maximum Gasteiger partial charge on any atom is 0.407 e. The van der Waals surface area contributed by atoms with Gasteiger partial charge in [0.1, 0.15) is 5.60 Å². The molecule has 2 saturated carbocycles. The second-order valence-corrected chi connectivity index (χ2v) is 7.88. The van der Waals surface area contributed by atoms with Crippen LogP contribution in [0, 0.1) is 5.92 Å². The van der Waals surface area contributed by atoms with E-state index in [9.17, 15) is 4.79 Å². The highest BCUT2D eigenvalue weighted by Gasteiger charge is 2.45. The Hall–Kier alpha value is -0.810. The zero-order valence-electron chi connectivity index (χ0n) is 15.4. The van der Waals surface area contributed by atoms with E-state index in [1.807, 2.05) is 27.7 Å². The fourth-order valence-corrected chi connectivity index (χ4v) is 3.82. The molecule has 0 aromatic rings. The molecule has 0 heterocycles. The lowest BCUT2D eigenvalue weighted by Crippen LogP contribution is -2.68. The number of amides is 1. The van der Waals surface area contributed by atoms with E-state index in [4.69, 9.17) is 9.47 Å². The van der Waals surface area contributed by atoms with E-state index in [1.165, 1.54) is 25.7 Å². The molecule has 0 saturated heterocycles. The molecule has 2 aliphatic carbocycles. The van der Waals surface area contributed by atoms with Crippen molar-refractivity contribution in [3.8, 4) is 0 Å². The van der Waals surface area contributed by atoms with E-state index >= 15 is 0 Å². The monoisotopic (exact) mass is 326 g/mol. The second kappa shape index (κ2) is 7.84. The Bertz CT molecular complexity index is 394. The quantitative estimate of drug-likeness (QED) is 0.787. The Morgan fingerprint density at radius 3 is 2.52 bits per heavy atom. The number of hydrogen-bond donors (Lipinski definition) is 2. The number of alkyl carbamates (subject to hydrolysis) is 1. The van der Waals surface area contributed by atoms with E-state index < -0.39 is 5.60 Å². The molecule has 1 amide bonds.